The topological polar surface area (TPSA) is 103 Å². The molecular formula is C24H21ClFN7O. The molecule has 3 heterocycles. The van der Waals surface area contributed by atoms with Crippen molar-refractivity contribution >= 4 is 34.1 Å². The van der Waals surface area contributed by atoms with Crippen molar-refractivity contribution in [3.63, 3.8) is 0 Å². The van der Waals surface area contributed by atoms with Crippen LogP contribution in [0.15, 0.2) is 42.6 Å². The Kier molecular flexibility index (Phi) is 5.35. The largest absolute Gasteiger partial charge is 0.344 e. The highest BCUT2D eigenvalue weighted by Crippen LogP contribution is 2.34. The fourth-order valence-electron chi connectivity index (χ4n) is 4.41. The Labute approximate surface area is 200 Å². The number of anilines is 1. The Morgan fingerprint density at radius 1 is 1.32 bits per heavy atom. The highest BCUT2D eigenvalue weighted by Gasteiger charge is 2.40. The van der Waals surface area contributed by atoms with Crippen LogP contribution in [0.3, 0.4) is 0 Å². The smallest absolute Gasteiger partial charge is 0.279 e. The third-order valence-electron chi connectivity index (χ3n) is 6.25. The monoisotopic (exact) mass is 477 g/mol. The Hall–Kier alpha value is -3.74. The summed E-state index contributed by atoms with van der Waals surface area (Å²) in [6.45, 7) is 3.44. The molecule has 1 aliphatic heterocycles. The first-order valence-corrected chi connectivity index (χ1v) is 11.1. The minimum Gasteiger partial charge on any atom is -0.344 e. The molecule has 2 aromatic carbocycles. The van der Waals surface area contributed by atoms with Crippen molar-refractivity contribution in [1.82, 2.24) is 25.1 Å². The number of nitrogens with zero attached hydrogens (tertiary/aromatic N) is 5. The molecule has 2 N–H and O–H groups in total. The zero-order valence-corrected chi connectivity index (χ0v) is 19.3. The van der Waals surface area contributed by atoms with Gasteiger partial charge >= 0.3 is 0 Å². The van der Waals surface area contributed by atoms with Gasteiger partial charge in [0.05, 0.1) is 16.6 Å². The number of aromatic nitrogens is 4. The van der Waals surface area contributed by atoms with Crippen LogP contribution >= 0.6 is 11.6 Å². The van der Waals surface area contributed by atoms with E-state index < -0.39 is 11.4 Å². The molecule has 0 radical (unpaired) electrons. The second-order valence-corrected chi connectivity index (χ2v) is 8.98. The van der Waals surface area contributed by atoms with Crippen LogP contribution in [0.25, 0.3) is 22.3 Å². The highest BCUT2D eigenvalue weighted by molar-refractivity contribution is 6.34. The molecule has 10 heteroatoms. The Morgan fingerprint density at radius 2 is 2.15 bits per heavy atom. The average Bonchev–Trinajstić information content (AvgIpc) is 3.55. The molecule has 5 rings (SSSR count). The molecule has 1 atom stereocenters. The Morgan fingerprint density at radius 3 is 2.85 bits per heavy atom. The van der Waals surface area contributed by atoms with Gasteiger partial charge in [0, 0.05) is 36.4 Å². The minimum absolute atomic E-state index is 0.0519. The summed E-state index contributed by atoms with van der Waals surface area (Å²) in [5.41, 5.74) is 1.53. The number of H-pyrrole nitrogens is 1. The van der Waals surface area contributed by atoms with Gasteiger partial charge in [0.15, 0.2) is 0 Å². The van der Waals surface area contributed by atoms with Crippen LogP contribution in [0.4, 0.5) is 10.1 Å². The van der Waals surface area contributed by atoms with E-state index in [-0.39, 0.29) is 17.2 Å². The summed E-state index contributed by atoms with van der Waals surface area (Å²) in [7, 11) is 1.77. The number of carbonyl (C=O) groups excluding carboxylic acids is 1. The average molecular weight is 478 g/mol. The molecule has 2 aromatic heterocycles. The first-order chi connectivity index (χ1) is 16.3. The molecule has 1 fully saturated rings. The quantitative estimate of drug-likeness (QED) is 0.462. The molecule has 0 bridgehead atoms. The lowest BCUT2D eigenvalue weighted by atomic mass is 9.97. The third-order valence-corrected chi connectivity index (χ3v) is 6.70. The molecular weight excluding hydrogens is 457 g/mol. The predicted octanol–water partition coefficient (Wildman–Crippen LogP) is 4.03. The van der Waals surface area contributed by atoms with Gasteiger partial charge in [0.2, 0.25) is 0 Å². The summed E-state index contributed by atoms with van der Waals surface area (Å²) in [5, 5.41) is 17.9. The van der Waals surface area contributed by atoms with Crippen molar-refractivity contribution in [2.45, 2.75) is 18.9 Å². The van der Waals surface area contributed by atoms with Gasteiger partial charge in [-0.3, -0.25) is 14.4 Å². The summed E-state index contributed by atoms with van der Waals surface area (Å²) < 4.78 is 15.7. The molecule has 172 valence electrons. The van der Waals surface area contributed by atoms with Gasteiger partial charge in [-0.1, -0.05) is 11.6 Å². The van der Waals surface area contributed by atoms with Crippen LogP contribution in [0.5, 0.6) is 0 Å². The summed E-state index contributed by atoms with van der Waals surface area (Å²) >= 11 is 6.43. The van der Waals surface area contributed by atoms with E-state index in [2.05, 4.69) is 20.4 Å². The van der Waals surface area contributed by atoms with E-state index in [1.807, 2.05) is 25.1 Å². The van der Waals surface area contributed by atoms with Gasteiger partial charge in [0.25, 0.3) is 5.91 Å². The number of benzene rings is 2. The van der Waals surface area contributed by atoms with Gasteiger partial charge in [-0.05, 0) is 56.3 Å². The van der Waals surface area contributed by atoms with E-state index in [4.69, 9.17) is 16.9 Å². The number of fused-ring (bicyclic) bond motifs is 1. The van der Waals surface area contributed by atoms with E-state index in [9.17, 15) is 9.18 Å². The van der Waals surface area contributed by atoms with Crippen LogP contribution in [-0.2, 0) is 7.05 Å². The first-order valence-electron chi connectivity index (χ1n) is 10.7. The maximum atomic E-state index is 14.1. The number of amides is 1. The number of aryl methyl sites for hydroxylation is 1. The number of hydrogen-bond donors (Lipinski definition) is 2. The van der Waals surface area contributed by atoms with Crippen LogP contribution in [0, 0.1) is 17.1 Å². The highest BCUT2D eigenvalue weighted by atomic mass is 35.5. The number of nitrogens with one attached hydrogen (secondary N) is 2. The van der Waals surface area contributed by atoms with Gasteiger partial charge in [-0.15, -0.1) is 0 Å². The molecule has 0 unspecified atom stereocenters. The normalized spacial score (nSPS) is 17.7. The molecule has 0 aliphatic carbocycles. The number of hydrogen-bond acceptors (Lipinski definition) is 5. The van der Waals surface area contributed by atoms with Crippen LogP contribution in [0.1, 0.15) is 29.4 Å². The lowest BCUT2D eigenvalue weighted by Gasteiger charge is -2.37. The maximum Gasteiger partial charge on any atom is 0.279 e. The zero-order valence-electron chi connectivity index (χ0n) is 18.6. The van der Waals surface area contributed by atoms with Gasteiger partial charge in [-0.25, -0.2) is 9.37 Å². The fourth-order valence-corrected chi connectivity index (χ4v) is 4.60. The summed E-state index contributed by atoms with van der Waals surface area (Å²) in [4.78, 5) is 23.0. The van der Waals surface area contributed by atoms with Crippen LogP contribution < -0.4 is 10.2 Å². The molecule has 4 aromatic rings. The van der Waals surface area contributed by atoms with E-state index >= 15 is 0 Å². The van der Waals surface area contributed by atoms with Gasteiger partial charge < -0.3 is 10.3 Å². The molecule has 1 aliphatic rings. The maximum absolute atomic E-state index is 14.1. The second kappa shape index (κ2) is 8.24. The molecule has 0 saturated carbocycles. The van der Waals surface area contributed by atoms with Gasteiger partial charge in [-0.2, -0.15) is 10.4 Å². The number of nitriles is 1. The van der Waals surface area contributed by atoms with Crippen LogP contribution in [-0.4, -0.2) is 44.3 Å². The van der Waals surface area contributed by atoms with Crippen molar-refractivity contribution in [3.8, 4) is 17.5 Å². The summed E-state index contributed by atoms with van der Waals surface area (Å²) in [6, 6.07) is 11.6. The number of imidazole rings is 1. The summed E-state index contributed by atoms with van der Waals surface area (Å²) in [6.07, 6.45) is 2.28. The van der Waals surface area contributed by atoms with E-state index in [0.29, 0.717) is 28.8 Å². The number of aromatic amines is 1. The van der Waals surface area contributed by atoms with Crippen LogP contribution in [0.2, 0.25) is 5.15 Å². The standard InChI is InChI=1S/C24H21ClFN7O/c1-24(7-8-28-13-24)33(16-5-6-19-17(10-16)21(25)32(2)31-19)23(34)20-12-29-22(30-20)14-3-4-15(11-27)18(26)9-14/h3-6,9-10,12,28H,7-8,13H2,1-2H3,(H,29,30)/t24-/m0/s1. The number of carbonyl (C=O) groups is 1. The van der Waals surface area contributed by atoms with Crippen molar-refractivity contribution in [2.24, 2.45) is 7.05 Å². The molecule has 8 nitrogen and oxygen atoms in total. The molecule has 1 saturated heterocycles. The van der Waals surface area contributed by atoms with E-state index in [0.717, 1.165) is 23.9 Å². The third kappa shape index (κ3) is 3.61. The Balaban J connectivity index is 1.56. The number of halogens is 2. The zero-order chi connectivity index (χ0) is 24.0. The van der Waals surface area contributed by atoms with Crippen molar-refractivity contribution < 1.29 is 9.18 Å². The van der Waals surface area contributed by atoms with E-state index in [1.165, 1.54) is 18.3 Å². The van der Waals surface area contributed by atoms with E-state index in [1.54, 1.807) is 28.8 Å². The first kappa shape index (κ1) is 22.1. The second-order valence-electron chi connectivity index (χ2n) is 8.62. The predicted molar refractivity (Wildman–Crippen MR) is 127 cm³/mol. The molecule has 1 amide bonds. The lowest BCUT2D eigenvalue weighted by Crippen LogP contribution is -2.51. The lowest BCUT2D eigenvalue weighted by molar-refractivity contribution is 0.0957. The summed E-state index contributed by atoms with van der Waals surface area (Å²) in [5.74, 6) is -0.591. The Bertz CT molecular complexity index is 1460. The fraction of sp³-hybridized carbons (Fsp3) is 0.250. The van der Waals surface area contributed by atoms with Crippen molar-refractivity contribution in [1.29, 1.82) is 5.26 Å². The number of rotatable bonds is 4. The molecule has 0 spiro atoms. The SMILES string of the molecule is Cn1nc2ccc(N(C(=O)c3c[nH]c(-c4ccc(C#N)c(F)c4)n3)[C@@]3(C)CCNC3)cc2c1Cl. The van der Waals surface area contributed by atoms with Gasteiger partial charge in [0.1, 0.15) is 28.6 Å². The van der Waals surface area contributed by atoms with Crippen molar-refractivity contribution in [3.05, 3.63) is 64.8 Å². The molecule has 34 heavy (non-hydrogen) atoms. The van der Waals surface area contributed by atoms with Crippen molar-refractivity contribution in [2.75, 3.05) is 18.0 Å². The minimum atomic E-state index is -0.642.